The van der Waals surface area contributed by atoms with Crippen molar-refractivity contribution in [1.29, 1.82) is 0 Å². The van der Waals surface area contributed by atoms with E-state index in [1.165, 1.54) is 6.07 Å². The number of nitrogens with one attached hydrogen (secondary N) is 1. The summed E-state index contributed by atoms with van der Waals surface area (Å²) < 4.78 is 20.3. The van der Waals surface area contributed by atoms with E-state index in [0.717, 1.165) is 28.1 Å². The molecule has 1 heterocycles. The fraction of sp³-hybridized carbons (Fsp3) is 0.538. The number of hydrogen-bond acceptors (Lipinski definition) is 3. The van der Waals surface area contributed by atoms with Crippen LogP contribution in [0.3, 0.4) is 0 Å². The minimum absolute atomic E-state index is 0.159. The molecule has 2 nitrogen and oxygen atoms in total. The van der Waals surface area contributed by atoms with E-state index in [-0.39, 0.29) is 18.0 Å². The van der Waals surface area contributed by atoms with Crippen LogP contribution in [0.4, 0.5) is 4.39 Å². The molecule has 5 heteroatoms. The predicted octanol–water partition coefficient (Wildman–Crippen LogP) is 2.85. The van der Waals surface area contributed by atoms with Gasteiger partial charge in [-0.3, -0.25) is 0 Å². The molecule has 0 bridgehead atoms. The maximum atomic E-state index is 13.8. The number of rotatable bonds is 4. The summed E-state index contributed by atoms with van der Waals surface area (Å²) in [5.74, 6) is 1.87. The number of thioether (sulfide) groups is 1. The van der Waals surface area contributed by atoms with Gasteiger partial charge in [0, 0.05) is 22.0 Å². The lowest BCUT2D eigenvalue weighted by molar-refractivity contribution is 0.0490. The van der Waals surface area contributed by atoms with Gasteiger partial charge in [0.15, 0.2) is 0 Å². The third kappa shape index (κ3) is 3.70. The van der Waals surface area contributed by atoms with Crippen LogP contribution < -0.4 is 5.32 Å². The van der Waals surface area contributed by atoms with E-state index in [1.807, 2.05) is 30.9 Å². The SMILES string of the molecule is CNC(Cc1ccc(Br)cc1F)C1CSCCO1. The van der Waals surface area contributed by atoms with Gasteiger partial charge in [0.05, 0.1) is 12.7 Å². The van der Waals surface area contributed by atoms with Gasteiger partial charge in [0.25, 0.3) is 0 Å². The Morgan fingerprint density at radius 2 is 2.44 bits per heavy atom. The third-order valence-corrected chi connectivity index (χ3v) is 4.63. The minimum atomic E-state index is -0.159. The summed E-state index contributed by atoms with van der Waals surface area (Å²) in [6, 6.07) is 5.38. The Kier molecular flexibility index (Phi) is 5.48. The molecular formula is C13H17BrFNOS. The van der Waals surface area contributed by atoms with Crippen molar-refractivity contribution in [3.63, 3.8) is 0 Å². The van der Waals surface area contributed by atoms with E-state index in [9.17, 15) is 4.39 Å². The highest BCUT2D eigenvalue weighted by Crippen LogP contribution is 2.21. The third-order valence-electron chi connectivity index (χ3n) is 3.12. The molecule has 1 aromatic carbocycles. The Hall–Kier alpha value is -0.100. The first kappa shape index (κ1) is 14.3. The Balaban J connectivity index is 2.04. The zero-order chi connectivity index (χ0) is 13.0. The van der Waals surface area contributed by atoms with Crippen LogP contribution in [0.5, 0.6) is 0 Å². The molecule has 0 amide bonds. The van der Waals surface area contributed by atoms with Crippen LogP contribution in [-0.2, 0) is 11.2 Å². The van der Waals surface area contributed by atoms with E-state index in [1.54, 1.807) is 0 Å². The van der Waals surface area contributed by atoms with Gasteiger partial charge in [-0.2, -0.15) is 11.8 Å². The Morgan fingerprint density at radius 3 is 3.06 bits per heavy atom. The molecule has 0 saturated carbocycles. The average Bonchev–Trinajstić information content (AvgIpc) is 2.39. The molecule has 1 saturated heterocycles. The van der Waals surface area contributed by atoms with Crippen LogP contribution in [0, 0.1) is 5.82 Å². The molecular weight excluding hydrogens is 317 g/mol. The molecule has 18 heavy (non-hydrogen) atoms. The molecule has 1 aromatic rings. The van der Waals surface area contributed by atoms with Crippen molar-refractivity contribution in [2.75, 3.05) is 25.2 Å². The maximum absolute atomic E-state index is 13.8. The molecule has 2 atom stereocenters. The summed E-state index contributed by atoms with van der Waals surface area (Å²) in [7, 11) is 1.91. The van der Waals surface area contributed by atoms with Crippen LogP contribution in [0.25, 0.3) is 0 Å². The van der Waals surface area contributed by atoms with Crippen molar-refractivity contribution in [2.24, 2.45) is 0 Å². The van der Waals surface area contributed by atoms with E-state index in [0.29, 0.717) is 6.42 Å². The Morgan fingerprint density at radius 1 is 1.61 bits per heavy atom. The molecule has 1 N–H and O–H groups in total. The molecule has 2 rings (SSSR count). The first-order valence-electron chi connectivity index (χ1n) is 6.01. The highest BCUT2D eigenvalue weighted by molar-refractivity contribution is 9.10. The number of likely N-dealkylation sites (N-methyl/N-ethyl adjacent to an activating group) is 1. The summed E-state index contributed by atoms with van der Waals surface area (Å²) >= 11 is 5.17. The second-order valence-corrected chi connectivity index (χ2v) is 6.38. The smallest absolute Gasteiger partial charge is 0.127 e. The van der Waals surface area contributed by atoms with Crippen LogP contribution in [0.2, 0.25) is 0 Å². The second kappa shape index (κ2) is 6.89. The first-order chi connectivity index (χ1) is 8.70. The van der Waals surface area contributed by atoms with Gasteiger partial charge in [-0.05, 0) is 31.2 Å². The molecule has 0 aliphatic carbocycles. The fourth-order valence-corrected chi connectivity index (χ4v) is 3.36. The second-order valence-electron chi connectivity index (χ2n) is 4.32. The van der Waals surface area contributed by atoms with E-state index in [4.69, 9.17) is 4.74 Å². The van der Waals surface area contributed by atoms with E-state index >= 15 is 0 Å². The summed E-state index contributed by atoms with van der Waals surface area (Å²) in [6.07, 6.45) is 0.817. The lowest BCUT2D eigenvalue weighted by Crippen LogP contribution is -2.44. The molecule has 1 fully saturated rings. The maximum Gasteiger partial charge on any atom is 0.127 e. The van der Waals surface area contributed by atoms with Crippen molar-refractivity contribution in [3.05, 3.63) is 34.1 Å². The van der Waals surface area contributed by atoms with Crippen molar-refractivity contribution in [1.82, 2.24) is 5.32 Å². The molecule has 1 aliphatic rings. The molecule has 1 aliphatic heterocycles. The summed E-state index contributed by atoms with van der Waals surface area (Å²) in [5, 5.41) is 3.25. The average molecular weight is 334 g/mol. The molecule has 0 spiro atoms. The molecule has 0 aromatic heterocycles. The van der Waals surface area contributed by atoms with Crippen LogP contribution in [0.15, 0.2) is 22.7 Å². The topological polar surface area (TPSA) is 21.3 Å². The van der Waals surface area contributed by atoms with Gasteiger partial charge in [-0.15, -0.1) is 0 Å². The van der Waals surface area contributed by atoms with Crippen molar-refractivity contribution < 1.29 is 9.13 Å². The highest BCUT2D eigenvalue weighted by Gasteiger charge is 2.24. The van der Waals surface area contributed by atoms with Gasteiger partial charge in [-0.25, -0.2) is 4.39 Å². The Bertz CT molecular complexity index is 399. The number of hydrogen-bond donors (Lipinski definition) is 1. The first-order valence-corrected chi connectivity index (χ1v) is 7.96. The van der Waals surface area contributed by atoms with E-state index < -0.39 is 0 Å². The van der Waals surface area contributed by atoms with E-state index in [2.05, 4.69) is 21.2 Å². The predicted molar refractivity (Wildman–Crippen MR) is 77.7 cm³/mol. The minimum Gasteiger partial charge on any atom is -0.375 e. The lowest BCUT2D eigenvalue weighted by atomic mass is 10.0. The van der Waals surface area contributed by atoms with Gasteiger partial charge >= 0.3 is 0 Å². The van der Waals surface area contributed by atoms with Gasteiger partial charge in [0.2, 0.25) is 0 Å². The quantitative estimate of drug-likeness (QED) is 0.915. The largest absolute Gasteiger partial charge is 0.375 e. The normalized spacial score (nSPS) is 21.8. The van der Waals surface area contributed by atoms with Gasteiger partial charge in [0.1, 0.15) is 5.82 Å². The zero-order valence-corrected chi connectivity index (χ0v) is 12.7. The standard InChI is InChI=1S/C13H17BrFNOS/c1-16-12(13-8-18-5-4-17-13)6-9-2-3-10(14)7-11(9)15/h2-3,7,12-13,16H,4-6,8H2,1H3. The summed E-state index contributed by atoms with van der Waals surface area (Å²) in [4.78, 5) is 0. The number of halogens is 2. The van der Waals surface area contributed by atoms with Crippen molar-refractivity contribution in [3.8, 4) is 0 Å². The van der Waals surface area contributed by atoms with Crippen molar-refractivity contribution in [2.45, 2.75) is 18.6 Å². The van der Waals surface area contributed by atoms with Gasteiger partial charge in [-0.1, -0.05) is 22.0 Å². The van der Waals surface area contributed by atoms with Crippen molar-refractivity contribution >= 4 is 27.7 Å². The van der Waals surface area contributed by atoms with Gasteiger partial charge < -0.3 is 10.1 Å². The van der Waals surface area contributed by atoms with Crippen LogP contribution in [0.1, 0.15) is 5.56 Å². The monoisotopic (exact) mass is 333 g/mol. The molecule has 0 radical (unpaired) electrons. The Labute approximate surface area is 120 Å². The number of benzene rings is 1. The summed E-state index contributed by atoms with van der Waals surface area (Å²) in [6.45, 7) is 0.788. The molecule has 100 valence electrons. The molecule has 2 unspecified atom stereocenters. The lowest BCUT2D eigenvalue weighted by Gasteiger charge is -2.30. The number of ether oxygens (including phenoxy) is 1. The van der Waals surface area contributed by atoms with Crippen LogP contribution in [-0.4, -0.2) is 37.3 Å². The summed E-state index contributed by atoms with van der Waals surface area (Å²) in [5.41, 5.74) is 0.733. The highest BCUT2D eigenvalue weighted by atomic mass is 79.9. The van der Waals surface area contributed by atoms with Crippen LogP contribution >= 0.6 is 27.7 Å². The fourth-order valence-electron chi connectivity index (χ4n) is 2.08. The zero-order valence-electron chi connectivity index (χ0n) is 10.3.